The lowest BCUT2D eigenvalue weighted by molar-refractivity contribution is 0.0727. The molecule has 30 heavy (non-hydrogen) atoms. The number of thiophene rings is 1. The predicted octanol–water partition coefficient (Wildman–Crippen LogP) is 4.55. The Kier molecular flexibility index (Phi) is 5.92. The van der Waals surface area contributed by atoms with E-state index >= 15 is 0 Å². The van der Waals surface area contributed by atoms with Crippen LogP contribution in [0.4, 0.5) is 10.1 Å². The number of anilines is 1. The molecule has 1 amide bonds. The SMILES string of the molecule is COCc1c(C(=O)N2CCN(c3cccc(OC)c3)[C@@H](C)C2)sc2cccc(F)c12. The van der Waals surface area contributed by atoms with Crippen molar-refractivity contribution in [3.63, 3.8) is 0 Å². The van der Waals surface area contributed by atoms with E-state index in [0.717, 1.165) is 22.7 Å². The van der Waals surface area contributed by atoms with Gasteiger partial charge in [-0.25, -0.2) is 4.39 Å². The summed E-state index contributed by atoms with van der Waals surface area (Å²) in [7, 11) is 3.22. The van der Waals surface area contributed by atoms with Crippen molar-refractivity contribution in [2.75, 3.05) is 38.8 Å². The molecule has 7 heteroatoms. The molecule has 0 aliphatic carbocycles. The number of hydrogen-bond acceptors (Lipinski definition) is 5. The fourth-order valence-electron chi connectivity index (χ4n) is 4.08. The van der Waals surface area contributed by atoms with Gasteiger partial charge in [0.2, 0.25) is 0 Å². The average Bonchev–Trinajstić information content (AvgIpc) is 3.13. The average molecular weight is 429 g/mol. The van der Waals surface area contributed by atoms with Crippen molar-refractivity contribution in [2.45, 2.75) is 19.6 Å². The van der Waals surface area contributed by atoms with E-state index in [4.69, 9.17) is 9.47 Å². The highest BCUT2D eigenvalue weighted by Crippen LogP contribution is 2.35. The molecule has 0 radical (unpaired) electrons. The second-order valence-electron chi connectivity index (χ2n) is 7.45. The number of methoxy groups -OCH3 is 2. The monoisotopic (exact) mass is 428 g/mol. The van der Waals surface area contributed by atoms with Crippen LogP contribution in [0.5, 0.6) is 5.75 Å². The maximum atomic E-state index is 14.5. The second-order valence-corrected chi connectivity index (χ2v) is 8.50. The van der Waals surface area contributed by atoms with Crippen molar-refractivity contribution in [1.29, 1.82) is 0 Å². The van der Waals surface area contributed by atoms with Crippen LogP contribution in [0.2, 0.25) is 0 Å². The number of halogens is 1. The maximum absolute atomic E-state index is 14.5. The molecule has 2 aromatic carbocycles. The molecule has 0 unspecified atom stereocenters. The van der Waals surface area contributed by atoms with E-state index < -0.39 is 0 Å². The molecule has 0 bridgehead atoms. The number of hydrogen-bond donors (Lipinski definition) is 0. The van der Waals surface area contributed by atoms with E-state index in [1.54, 1.807) is 20.3 Å². The van der Waals surface area contributed by atoms with E-state index in [1.165, 1.54) is 17.4 Å². The van der Waals surface area contributed by atoms with Crippen molar-refractivity contribution in [3.05, 3.63) is 58.7 Å². The zero-order valence-corrected chi connectivity index (χ0v) is 18.2. The van der Waals surface area contributed by atoms with Gasteiger partial charge in [0, 0.05) is 60.2 Å². The minimum atomic E-state index is -0.314. The van der Waals surface area contributed by atoms with Crippen molar-refractivity contribution < 1.29 is 18.7 Å². The van der Waals surface area contributed by atoms with Gasteiger partial charge in [-0.15, -0.1) is 11.3 Å². The van der Waals surface area contributed by atoms with Gasteiger partial charge < -0.3 is 19.3 Å². The number of amides is 1. The van der Waals surface area contributed by atoms with Gasteiger partial charge >= 0.3 is 0 Å². The largest absolute Gasteiger partial charge is 0.497 e. The number of fused-ring (bicyclic) bond motifs is 1. The summed E-state index contributed by atoms with van der Waals surface area (Å²) in [6, 6.07) is 13.1. The second kappa shape index (κ2) is 8.62. The summed E-state index contributed by atoms with van der Waals surface area (Å²) in [5, 5.41) is 0.496. The van der Waals surface area contributed by atoms with E-state index in [1.807, 2.05) is 29.2 Å². The highest BCUT2D eigenvalue weighted by molar-refractivity contribution is 7.21. The summed E-state index contributed by atoms with van der Waals surface area (Å²) in [6.07, 6.45) is 0. The molecule has 1 aromatic heterocycles. The van der Waals surface area contributed by atoms with Crippen LogP contribution < -0.4 is 9.64 Å². The lowest BCUT2D eigenvalue weighted by Crippen LogP contribution is -2.53. The fraction of sp³-hybridized carbons (Fsp3) is 0.348. The van der Waals surface area contributed by atoms with Gasteiger partial charge in [0.05, 0.1) is 18.6 Å². The smallest absolute Gasteiger partial charge is 0.264 e. The quantitative estimate of drug-likeness (QED) is 0.598. The topological polar surface area (TPSA) is 42.0 Å². The third kappa shape index (κ3) is 3.75. The first kappa shape index (κ1) is 20.6. The van der Waals surface area contributed by atoms with E-state index in [-0.39, 0.29) is 24.4 Å². The Balaban J connectivity index is 1.58. The molecule has 1 aliphatic heterocycles. The molecule has 0 spiro atoms. The maximum Gasteiger partial charge on any atom is 0.264 e. The van der Waals surface area contributed by atoms with E-state index in [0.29, 0.717) is 28.9 Å². The summed E-state index contributed by atoms with van der Waals surface area (Å²) in [5.74, 6) is 0.445. The lowest BCUT2D eigenvalue weighted by Gasteiger charge is -2.41. The number of carbonyl (C=O) groups is 1. The number of carbonyl (C=O) groups excluding carboxylic acids is 1. The van der Waals surface area contributed by atoms with Gasteiger partial charge in [-0.05, 0) is 31.2 Å². The normalized spacial score (nSPS) is 16.9. The summed E-state index contributed by atoms with van der Waals surface area (Å²) in [6.45, 7) is 4.24. The highest BCUT2D eigenvalue weighted by atomic mass is 32.1. The van der Waals surface area contributed by atoms with E-state index in [9.17, 15) is 9.18 Å². The molecule has 3 aromatic rings. The van der Waals surface area contributed by atoms with Crippen LogP contribution in [-0.2, 0) is 11.3 Å². The van der Waals surface area contributed by atoms with Crippen LogP contribution in [0.3, 0.4) is 0 Å². The number of benzene rings is 2. The van der Waals surface area contributed by atoms with Crippen LogP contribution in [0.1, 0.15) is 22.2 Å². The molecule has 5 nitrogen and oxygen atoms in total. The zero-order valence-electron chi connectivity index (χ0n) is 17.4. The van der Waals surface area contributed by atoms with Gasteiger partial charge in [0.1, 0.15) is 11.6 Å². The third-order valence-corrected chi connectivity index (χ3v) is 6.73. The van der Waals surface area contributed by atoms with Crippen LogP contribution in [0.25, 0.3) is 10.1 Å². The molecule has 1 fully saturated rings. The van der Waals surface area contributed by atoms with Gasteiger partial charge in [-0.3, -0.25) is 4.79 Å². The summed E-state index contributed by atoms with van der Waals surface area (Å²) >= 11 is 1.34. The summed E-state index contributed by atoms with van der Waals surface area (Å²) < 4.78 is 25.9. The molecular weight excluding hydrogens is 403 g/mol. The van der Waals surface area contributed by atoms with Crippen LogP contribution in [0, 0.1) is 5.82 Å². The highest BCUT2D eigenvalue weighted by Gasteiger charge is 2.30. The Hall–Kier alpha value is -2.64. The van der Waals surface area contributed by atoms with Crippen LogP contribution >= 0.6 is 11.3 Å². The van der Waals surface area contributed by atoms with E-state index in [2.05, 4.69) is 17.9 Å². The van der Waals surface area contributed by atoms with Crippen LogP contribution in [0.15, 0.2) is 42.5 Å². The van der Waals surface area contributed by atoms with Gasteiger partial charge in [0.25, 0.3) is 5.91 Å². The van der Waals surface area contributed by atoms with Crippen molar-refractivity contribution >= 4 is 33.0 Å². The standard InChI is InChI=1S/C23H25FN2O3S/c1-15-13-25(10-11-26(15)16-6-4-7-17(12-16)29-3)23(27)22-18(14-28-2)21-19(24)8-5-9-20(21)30-22/h4-9,12,15H,10-11,13-14H2,1-3H3/t15-/m0/s1. The fourth-order valence-corrected chi connectivity index (χ4v) is 5.27. The zero-order chi connectivity index (χ0) is 21.3. The Morgan fingerprint density at radius 1 is 1.20 bits per heavy atom. The third-order valence-electron chi connectivity index (χ3n) is 5.55. The first-order valence-corrected chi connectivity index (χ1v) is 10.7. The summed E-state index contributed by atoms with van der Waals surface area (Å²) in [4.78, 5) is 18.1. The first-order chi connectivity index (χ1) is 14.5. The minimum Gasteiger partial charge on any atom is -0.497 e. The number of nitrogens with zero attached hydrogens (tertiary/aromatic N) is 2. The predicted molar refractivity (Wildman–Crippen MR) is 118 cm³/mol. The molecule has 0 N–H and O–H groups in total. The Labute approximate surface area is 179 Å². The van der Waals surface area contributed by atoms with Crippen molar-refractivity contribution in [2.24, 2.45) is 0 Å². The number of piperazine rings is 1. The number of rotatable bonds is 5. The van der Waals surface area contributed by atoms with Gasteiger partial charge in [-0.1, -0.05) is 12.1 Å². The molecule has 1 aliphatic rings. The minimum absolute atomic E-state index is 0.0557. The molecule has 0 saturated carbocycles. The Morgan fingerprint density at radius 3 is 2.73 bits per heavy atom. The first-order valence-electron chi connectivity index (χ1n) is 9.92. The van der Waals surface area contributed by atoms with Crippen molar-refractivity contribution in [1.82, 2.24) is 4.90 Å². The Bertz CT molecular complexity index is 1070. The van der Waals surface area contributed by atoms with Crippen LogP contribution in [-0.4, -0.2) is 50.7 Å². The summed E-state index contributed by atoms with van der Waals surface area (Å²) in [5.41, 5.74) is 1.72. The van der Waals surface area contributed by atoms with Crippen molar-refractivity contribution in [3.8, 4) is 5.75 Å². The molecule has 1 atom stereocenters. The Morgan fingerprint density at radius 2 is 2.00 bits per heavy atom. The molecule has 1 saturated heterocycles. The van der Waals surface area contributed by atoms with Gasteiger partial charge in [-0.2, -0.15) is 0 Å². The van der Waals surface area contributed by atoms with Gasteiger partial charge in [0.15, 0.2) is 0 Å². The lowest BCUT2D eigenvalue weighted by atomic mass is 10.1. The molecule has 4 rings (SSSR count). The molecule has 2 heterocycles. The molecular formula is C23H25FN2O3S. The molecule has 158 valence electrons. The number of ether oxygens (including phenoxy) is 2.